The average Bonchev–Trinajstić information content (AvgIpc) is 3.42. The Hall–Kier alpha value is -3.00. The fourth-order valence-electron chi connectivity index (χ4n) is 4.98. The van der Waals surface area contributed by atoms with Crippen LogP contribution in [0.4, 0.5) is 4.39 Å². The summed E-state index contributed by atoms with van der Waals surface area (Å²) in [6.45, 7) is 4.34. The van der Waals surface area contributed by atoms with Gasteiger partial charge in [-0.3, -0.25) is 19.6 Å². The number of nitrogens with zero attached hydrogens (tertiary/aromatic N) is 4. The lowest BCUT2D eigenvalue weighted by molar-refractivity contribution is -0.132. The van der Waals surface area contributed by atoms with Gasteiger partial charge in [0.2, 0.25) is 5.91 Å². The molecule has 1 amide bonds. The number of amides is 1. The van der Waals surface area contributed by atoms with Crippen LogP contribution in [-0.4, -0.2) is 43.4 Å². The van der Waals surface area contributed by atoms with Gasteiger partial charge in [-0.1, -0.05) is 25.1 Å². The van der Waals surface area contributed by atoms with Crippen molar-refractivity contribution in [2.45, 2.75) is 58.2 Å². The Labute approximate surface area is 185 Å². The standard InChI is InChI=1S/C24H28FN5O2/c1-2-6-23(31)29-12-10-17-20(15-29)26-22-13-19(27-30(22)24(17)32)21-9-5-11-28(21)14-16-7-3-4-8-18(16)25/h3-4,7-8,13,21,27H,2,5-6,9-12,14-15H2,1H3/t21-/m0/s1. The van der Waals surface area contributed by atoms with Gasteiger partial charge >= 0.3 is 0 Å². The van der Waals surface area contributed by atoms with E-state index in [0.717, 1.165) is 31.5 Å². The summed E-state index contributed by atoms with van der Waals surface area (Å²) in [5.41, 5.74) is 3.48. The highest BCUT2D eigenvalue weighted by Crippen LogP contribution is 2.33. The van der Waals surface area contributed by atoms with Crippen molar-refractivity contribution in [3.05, 3.63) is 69.0 Å². The number of hydrogen-bond acceptors (Lipinski definition) is 4. The largest absolute Gasteiger partial charge is 0.336 e. The lowest BCUT2D eigenvalue weighted by atomic mass is 10.1. The Morgan fingerprint density at radius 3 is 2.94 bits per heavy atom. The van der Waals surface area contributed by atoms with E-state index in [4.69, 9.17) is 4.98 Å². The van der Waals surface area contributed by atoms with E-state index in [1.165, 1.54) is 10.6 Å². The Morgan fingerprint density at radius 1 is 1.28 bits per heavy atom. The third-order valence-corrected chi connectivity index (χ3v) is 6.66. The van der Waals surface area contributed by atoms with E-state index in [-0.39, 0.29) is 23.3 Å². The van der Waals surface area contributed by atoms with Gasteiger partial charge in [0, 0.05) is 36.7 Å². The van der Waals surface area contributed by atoms with E-state index >= 15 is 0 Å². The third-order valence-electron chi connectivity index (χ3n) is 6.66. The van der Waals surface area contributed by atoms with Crippen molar-refractivity contribution in [1.82, 2.24) is 24.4 Å². The zero-order valence-electron chi connectivity index (χ0n) is 18.3. The van der Waals surface area contributed by atoms with Gasteiger partial charge in [0.05, 0.1) is 24.0 Å². The van der Waals surface area contributed by atoms with Gasteiger partial charge in [0.1, 0.15) is 5.82 Å². The number of aromatic amines is 1. The molecule has 0 radical (unpaired) electrons. The molecule has 1 fully saturated rings. The van der Waals surface area contributed by atoms with E-state index in [9.17, 15) is 14.0 Å². The van der Waals surface area contributed by atoms with Crippen LogP contribution in [0.3, 0.4) is 0 Å². The number of rotatable bonds is 5. The predicted molar refractivity (Wildman–Crippen MR) is 119 cm³/mol. The summed E-state index contributed by atoms with van der Waals surface area (Å²) >= 11 is 0. The summed E-state index contributed by atoms with van der Waals surface area (Å²) in [5, 5.41) is 3.27. The molecule has 0 saturated carbocycles. The molecule has 0 bridgehead atoms. The van der Waals surface area contributed by atoms with Crippen LogP contribution in [0.25, 0.3) is 5.65 Å². The van der Waals surface area contributed by atoms with E-state index in [1.54, 1.807) is 11.0 Å². The van der Waals surface area contributed by atoms with Crippen molar-refractivity contribution >= 4 is 11.6 Å². The monoisotopic (exact) mass is 437 g/mol. The molecular formula is C24H28FN5O2. The summed E-state index contributed by atoms with van der Waals surface area (Å²) in [6, 6.07) is 8.88. The molecule has 32 heavy (non-hydrogen) atoms. The molecule has 1 atom stereocenters. The SMILES string of the molecule is CCCC(=O)N1CCc2c(nc3cc([C@@H]4CCCN4Cc4ccccc4F)[nH]n3c2=O)C1. The van der Waals surface area contributed by atoms with Crippen molar-refractivity contribution in [3.8, 4) is 0 Å². The summed E-state index contributed by atoms with van der Waals surface area (Å²) in [6.07, 6.45) is 3.81. The molecule has 1 aromatic carbocycles. The van der Waals surface area contributed by atoms with Crippen molar-refractivity contribution in [3.63, 3.8) is 0 Å². The molecule has 3 aromatic rings. The van der Waals surface area contributed by atoms with E-state index in [0.29, 0.717) is 54.9 Å². The highest BCUT2D eigenvalue weighted by molar-refractivity contribution is 5.76. The van der Waals surface area contributed by atoms with Crippen LogP contribution in [0.5, 0.6) is 0 Å². The minimum Gasteiger partial charge on any atom is -0.336 e. The van der Waals surface area contributed by atoms with Gasteiger partial charge in [-0.05, 0) is 38.3 Å². The first-order valence-electron chi connectivity index (χ1n) is 11.4. The van der Waals surface area contributed by atoms with Gasteiger partial charge in [-0.2, -0.15) is 0 Å². The van der Waals surface area contributed by atoms with Crippen LogP contribution in [0, 0.1) is 5.82 Å². The number of aromatic nitrogens is 3. The topological polar surface area (TPSA) is 73.7 Å². The van der Waals surface area contributed by atoms with Gasteiger partial charge < -0.3 is 4.90 Å². The Kier molecular flexibility index (Phi) is 5.55. The number of halogens is 1. The fraction of sp³-hybridized carbons (Fsp3) is 0.458. The van der Waals surface area contributed by atoms with Gasteiger partial charge in [-0.25, -0.2) is 13.9 Å². The number of carbonyl (C=O) groups is 1. The molecule has 0 spiro atoms. The second kappa shape index (κ2) is 8.50. The molecule has 2 aliphatic rings. The van der Waals surface area contributed by atoms with E-state index < -0.39 is 0 Å². The Balaban J connectivity index is 1.44. The minimum absolute atomic E-state index is 0.0790. The summed E-state index contributed by atoms with van der Waals surface area (Å²) in [5.74, 6) is -0.0767. The maximum atomic E-state index is 14.2. The fourth-order valence-corrected chi connectivity index (χ4v) is 4.98. The number of carbonyl (C=O) groups excluding carboxylic acids is 1. The molecule has 5 rings (SSSR count). The zero-order chi connectivity index (χ0) is 22.2. The molecule has 1 saturated heterocycles. The van der Waals surface area contributed by atoms with Gasteiger partial charge in [0.15, 0.2) is 5.65 Å². The second-order valence-corrected chi connectivity index (χ2v) is 8.78. The number of benzene rings is 1. The lowest BCUT2D eigenvalue weighted by Gasteiger charge is -2.27. The predicted octanol–water partition coefficient (Wildman–Crippen LogP) is 3.18. The minimum atomic E-state index is -0.192. The first kappa shape index (κ1) is 20.9. The summed E-state index contributed by atoms with van der Waals surface area (Å²) in [4.78, 5) is 34.3. The lowest BCUT2D eigenvalue weighted by Crippen LogP contribution is -2.39. The molecule has 4 heterocycles. The number of fused-ring (bicyclic) bond motifs is 2. The van der Waals surface area contributed by atoms with E-state index in [1.807, 2.05) is 25.1 Å². The van der Waals surface area contributed by atoms with Crippen LogP contribution in [0.15, 0.2) is 35.1 Å². The third kappa shape index (κ3) is 3.72. The van der Waals surface area contributed by atoms with Crippen LogP contribution in [0.2, 0.25) is 0 Å². The quantitative estimate of drug-likeness (QED) is 0.665. The summed E-state index contributed by atoms with van der Waals surface area (Å²) in [7, 11) is 0. The van der Waals surface area contributed by atoms with Gasteiger partial charge in [0.25, 0.3) is 5.56 Å². The van der Waals surface area contributed by atoms with Crippen molar-refractivity contribution in [2.75, 3.05) is 13.1 Å². The van der Waals surface area contributed by atoms with Crippen molar-refractivity contribution < 1.29 is 9.18 Å². The average molecular weight is 438 g/mol. The highest BCUT2D eigenvalue weighted by atomic mass is 19.1. The van der Waals surface area contributed by atoms with Crippen LogP contribution >= 0.6 is 0 Å². The first-order chi connectivity index (χ1) is 15.5. The van der Waals surface area contributed by atoms with Gasteiger partial charge in [-0.15, -0.1) is 0 Å². The molecular weight excluding hydrogens is 409 g/mol. The second-order valence-electron chi connectivity index (χ2n) is 8.78. The molecule has 1 N–H and O–H groups in total. The van der Waals surface area contributed by atoms with Crippen LogP contribution < -0.4 is 5.56 Å². The highest BCUT2D eigenvalue weighted by Gasteiger charge is 2.30. The Morgan fingerprint density at radius 2 is 2.12 bits per heavy atom. The number of H-pyrrole nitrogens is 1. The molecule has 0 unspecified atom stereocenters. The molecule has 0 aliphatic carbocycles. The maximum Gasteiger partial charge on any atom is 0.276 e. The normalized spacial score (nSPS) is 18.9. The molecule has 8 heteroatoms. The van der Waals surface area contributed by atoms with E-state index in [2.05, 4.69) is 10.00 Å². The molecule has 168 valence electrons. The zero-order valence-corrected chi connectivity index (χ0v) is 18.3. The number of likely N-dealkylation sites (tertiary alicyclic amines) is 1. The molecule has 7 nitrogen and oxygen atoms in total. The molecule has 2 aliphatic heterocycles. The number of hydrogen-bond donors (Lipinski definition) is 1. The Bertz CT molecular complexity index is 1220. The molecule has 2 aromatic heterocycles. The smallest absolute Gasteiger partial charge is 0.276 e. The van der Waals surface area contributed by atoms with Crippen molar-refractivity contribution in [2.24, 2.45) is 0 Å². The van der Waals surface area contributed by atoms with Crippen molar-refractivity contribution in [1.29, 1.82) is 0 Å². The van der Waals surface area contributed by atoms with Crippen LogP contribution in [0.1, 0.15) is 61.2 Å². The maximum absolute atomic E-state index is 14.2. The first-order valence-corrected chi connectivity index (χ1v) is 11.4. The number of nitrogens with one attached hydrogen (secondary N) is 1. The van der Waals surface area contributed by atoms with Crippen LogP contribution in [-0.2, 0) is 24.3 Å². The summed E-state index contributed by atoms with van der Waals surface area (Å²) < 4.78 is 15.7.